The number of imidazole rings is 1. The Bertz CT molecular complexity index is 585. The smallest absolute Gasteiger partial charge is 0.123 e. The summed E-state index contributed by atoms with van der Waals surface area (Å²) in [4.78, 5) is 4.80. The SMILES string of the molecule is CCn1c(CNC2CCC(SC)CC2)nc2ccccc21. The summed E-state index contributed by atoms with van der Waals surface area (Å²) in [5, 5.41) is 4.60. The highest BCUT2D eigenvalue weighted by molar-refractivity contribution is 7.99. The second kappa shape index (κ2) is 6.84. The number of aryl methyl sites for hydroxylation is 1. The third-order valence-corrected chi connectivity index (χ3v) is 5.74. The van der Waals surface area contributed by atoms with Gasteiger partial charge in [0.2, 0.25) is 0 Å². The minimum Gasteiger partial charge on any atom is -0.327 e. The van der Waals surface area contributed by atoms with Gasteiger partial charge in [-0.25, -0.2) is 4.98 Å². The third-order valence-electron chi connectivity index (χ3n) is 4.61. The fourth-order valence-corrected chi connectivity index (χ4v) is 4.10. The molecule has 114 valence electrons. The van der Waals surface area contributed by atoms with Crippen LogP contribution in [0, 0.1) is 0 Å². The van der Waals surface area contributed by atoms with Gasteiger partial charge < -0.3 is 9.88 Å². The summed E-state index contributed by atoms with van der Waals surface area (Å²) in [6.07, 6.45) is 7.55. The molecule has 1 saturated carbocycles. The maximum atomic E-state index is 4.80. The van der Waals surface area contributed by atoms with Crippen molar-refractivity contribution in [1.29, 1.82) is 0 Å². The van der Waals surface area contributed by atoms with E-state index in [1.54, 1.807) is 0 Å². The molecule has 0 bridgehead atoms. The highest BCUT2D eigenvalue weighted by atomic mass is 32.2. The summed E-state index contributed by atoms with van der Waals surface area (Å²) in [5.74, 6) is 1.17. The average molecular weight is 303 g/mol. The third kappa shape index (κ3) is 3.27. The van der Waals surface area contributed by atoms with E-state index in [4.69, 9.17) is 4.98 Å². The number of fused-ring (bicyclic) bond motifs is 1. The van der Waals surface area contributed by atoms with Crippen molar-refractivity contribution in [2.75, 3.05) is 6.26 Å². The summed E-state index contributed by atoms with van der Waals surface area (Å²) in [7, 11) is 0. The van der Waals surface area contributed by atoms with Gasteiger partial charge in [0.1, 0.15) is 5.82 Å². The molecule has 21 heavy (non-hydrogen) atoms. The molecule has 2 aromatic rings. The Kier molecular flexibility index (Phi) is 4.86. The number of thioether (sulfide) groups is 1. The first-order valence-corrected chi connectivity index (χ1v) is 9.31. The van der Waals surface area contributed by atoms with Crippen LogP contribution in [-0.2, 0) is 13.1 Å². The molecule has 1 aliphatic rings. The summed E-state index contributed by atoms with van der Waals surface area (Å²) in [5.41, 5.74) is 2.37. The first-order chi connectivity index (χ1) is 10.3. The summed E-state index contributed by atoms with van der Waals surface area (Å²) in [6.45, 7) is 4.06. The van der Waals surface area contributed by atoms with Gasteiger partial charge in [-0.05, 0) is 51.0 Å². The van der Waals surface area contributed by atoms with Crippen LogP contribution in [0.5, 0.6) is 0 Å². The second-order valence-corrected chi connectivity index (χ2v) is 6.99. The largest absolute Gasteiger partial charge is 0.327 e. The Morgan fingerprint density at radius 3 is 2.71 bits per heavy atom. The van der Waals surface area contributed by atoms with Crippen LogP contribution >= 0.6 is 11.8 Å². The molecule has 3 nitrogen and oxygen atoms in total. The van der Waals surface area contributed by atoms with Gasteiger partial charge in [0.15, 0.2) is 0 Å². The molecule has 0 atom stereocenters. The lowest BCUT2D eigenvalue weighted by Crippen LogP contribution is -2.34. The van der Waals surface area contributed by atoms with Crippen LogP contribution in [0.3, 0.4) is 0 Å². The van der Waals surface area contributed by atoms with Gasteiger partial charge in [-0.1, -0.05) is 12.1 Å². The first-order valence-electron chi connectivity index (χ1n) is 8.02. The predicted molar refractivity (Wildman–Crippen MR) is 91.8 cm³/mol. The molecule has 0 spiro atoms. The molecule has 0 saturated heterocycles. The molecule has 3 rings (SSSR count). The number of nitrogens with one attached hydrogen (secondary N) is 1. The molecule has 1 aromatic carbocycles. The molecule has 1 N–H and O–H groups in total. The molecule has 1 heterocycles. The van der Waals surface area contributed by atoms with Crippen LogP contribution in [0.1, 0.15) is 38.4 Å². The minimum atomic E-state index is 0.665. The van der Waals surface area contributed by atoms with Crippen LogP contribution in [-0.4, -0.2) is 27.1 Å². The van der Waals surface area contributed by atoms with Crippen LogP contribution in [0.15, 0.2) is 24.3 Å². The highest BCUT2D eigenvalue weighted by Gasteiger charge is 2.20. The van der Waals surface area contributed by atoms with Crippen LogP contribution < -0.4 is 5.32 Å². The van der Waals surface area contributed by atoms with Crippen molar-refractivity contribution >= 4 is 22.8 Å². The zero-order valence-corrected chi connectivity index (χ0v) is 13.8. The van der Waals surface area contributed by atoms with Crippen molar-refractivity contribution in [3.8, 4) is 0 Å². The van der Waals surface area contributed by atoms with Crippen molar-refractivity contribution in [2.45, 2.75) is 57.0 Å². The second-order valence-electron chi connectivity index (χ2n) is 5.85. The molecule has 1 fully saturated rings. The standard InChI is InChI=1S/C17H25N3S/c1-3-20-16-7-5-4-6-15(16)19-17(20)12-18-13-8-10-14(21-2)11-9-13/h4-7,13-14,18H,3,8-12H2,1-2H3. The van der Waals surface area contributed by atoms with Crippen molar-refractivity contribution < 1.29 is 0 Å². The Balaban J connectivity index is 1.65. The van der Waals surface area contributed by atoms with E-state index in [-0.39, 0.29) is 0 Å². The van der Waals surface area contributed by atoms with Crippen molar-refractivity contribution in [3.05, 3.63) is 30.1 Å². The number of para-hydroxylation sites is 2. The molecule has 1 aromatic heterocycles. The van der Waals surface area contributed by atoms with E-state index in [0.717, 1.165) is 23.9 Å². The van der Waals surface area contributed by atoms with Crippen LogP contribution in [0.4, 0.5) is 0 Å². The molecule has 0 radical (unpaired) electrons. The first kappa shape index (κ1) is 14.9. The maximum absolute atomic E-state index is 4.80. The molecular weight excluding hydrogens is 278 g/mol. The van der Waals surface area contributed by atoms with Gasteiger partial charge in [0, 0.05) is 17.8 Å². The van der Waals surface area contributed by atoms with E-state index in [1.807, 2.05) is 11.8 Å². The van der Waals surface area contributed by atoms with Gasteiger partial charge in [-0.2, -0.15) is 11.8 Å². The lowest BCUT2D eigenvalue weighted by molar-refractivity contribution is 0.373. The number of rotatable bonds is 5. The van der Waals surface area contributed by atoms with Gasteiger partial charge in [-0.15, -0.1) is 0 Å². The lowest BCUT2D eigenvalue weighted by Gasteiger charge is -2.28. The Hall–Kier alpha value is -1.00. The summed E-state index contributed by atoms with van der Waals surface area (Å²) >= 11 is 2.03. The summed E-state index contributed by atoms with van der Waals surface area (Å²) in [6, 6.07) is 9.10. The quantitative estimate of drug-likeness (QED) is 0.910. The molecule has 0 unspecified atom stereocenters. The zero-order chi connectivity index (χ0) is 14.7. The van der Waals surface area contributed by atoms with E-state index < -0.39 is 0 Å². The molecule has 0 aliphatic heterocycles. The fourth-order valence-electron chi connectivity index (χ4n) is 3.35. The highest BCUT2D eigenvalue weighted by Crippen LogP contribution is 2.27. The van der Waals surface area contributed by atoms with Crippen LogP contribution in [0.2, 0.25) is 0 Å². The predicted octanol–water partition coefficient (Wildman–Crippen LogP) is 3.82. The van der Waals surface area contributed by atoms with Gasteiger partial charge in [0.05, 0.1) is 17.6 Å². The topological polar surface area (TPSA) is 29.9 Å². The number of hydrogen-bond acceptors (Lipinski definition) is 3. The van der Waals surface area contributed by atoms with Gasteiger partial charge >= 0.3 is 0 Å². The monoisotopic (exact) mass is 303 g/mol. The normalized spacial score (nSPS) is 22.8. The number of benzene rings is 1. The Labute approximate surface area is 131 Å². The van der Waals surface area contributed by atoms with Gasteiger partial charge in [0.25, 0.3) is 0 Å². The zero-order valence-electron chi connectivity index (χ0n) is 13.0. The Morgan fingerprint density at radius 1 is 1.24 bits per heavy atom. The van der Waals surface area contributed by atoms with E-state index in [1.165, 1.54) is 37.0 Å². The van der Waals surface area contributed by atoms with Crippen molar-refractivity contribution in [2.24, 2.45) is 0 Å². The van der Waals surface area contributed by atoms with E-state index in [0.29, 0.717) is 6.04 Å². The van der Waals surface area contributed by atoms with Crippen molar-refractivity contribution in [1.82, 2.24) is 14.9 Å². The maximum Gasteiger partial charge on any atom is 0.123 e. The minimum absolute atomic E-state index is 0.665. The number of aromatic nitrogens is 2. The van der Waals surface area contributed by atoms with Gasteiger partial charge in [-0.3, -0.25) is 0 Å². The van der Waals surface area contributed by atoms with Crippen molar-refractivity contribution in [3.63, 3.8) is 0 Å². The molecule has 0 amide bonds. The summed E-state index contributed by atoms with van der Waals surface area (Å²) < 4.78 is 2.33. The molecule has 4 heteroatoms. The molecule has 1 aliphatic carbocycles. The van der Waals surface area contributed by atoms with E-state index in [9.17, 15) is 0 Å². The van der Waals surface area contributed by atoms with Crippen LogP contribution in [0.25, 0.3) is 11.0 Å². The fraction of sp³-hybridized carbons (Fsp3) is 0.588. The van der Waals surface area contributed by atoms with E-state index in [2.05, 4.69) is 47.3 Å². The van der Waals surface area contributed by atoms with E-state index >= 15 is 0 Å². The Morgan fingerprint density at radius 2 is 2.00 bits per heavy atom. The number of hydrogen-bond donors (Lipinski definition) is 1. The lowest BCUT2D eigenvalue weighted by atomic mass is 9.95. The molecular formula is C17H25N3S. The number of nitrogens with zero attached hydrogens (tertiary/aromatic N) is 2. The average Bonchev–Trinajstić information content (AvgIpc) is 2.91.